The van der Waals surface area contributed by atoms with Gasteiger partial charge in [-0.3, -0.25) is 4.79 Å². The van der Waals surface area contributed by atoms with Crippen LogP contribution in [0.4, 0.5) is 0 Å². The topological polar surface area (TPSA) is 44.4 Å². The Hall–Kier alpha value is -1.62. The fourth-order valence-electron chi connectivity index (χ4n) is 1.34. The third-order valence-electron chi connectivity index (χ3n) is 2.44. The van der Waals surface area contributed by atoms with Crippen LogP contribution in [-0.2, 0) is 11.2 Å². The average Bonchev–Trinajstić information content (AvgIpc) is 2.37. The standard InChI is InChI=1S/C13H19N3OS/c1-16(2)12(17)10-15-13(18)14-9-8-11-6-4-3-5-7-11/h3-7H,8-10H2,1-2H3,(H2,14,15,18). The predicted molar refractivity (Wildman–Crippen MR) is 77.4 cm³/mol. The van der Waals surface area contributed by atoms with Gasteiger partial charge in [0.2, 0.25) is 5.91 Å². The summed E-state index contributed by atoms with van der Waals surface area (Å²) >= 11 is 5.08. The molecule has 0 heterocycles. The summed E-state index contributed by atoms with van der Waals surface area (Å²) in [6.45, 7) is 0.982. The van der Waals surface area contributed by atoms with E-state index in [1.54, 1.807) is 14.1 Å². The number of rotatable bonds is 5. The molecule has 1 rings (SSSR count). The lowest BCUT2D eigenvalue weighted by Gasteiger charge is -2.13. The van der Waals surface area contributed by atoms with E-state index < -0.39 is 0 Å². The third kappa shape index (κ3) is 5.63. The zero-order valence-electron chi connectivity index (χ0n) is 10.8. The molecule has 0 atom stereocenters. The first-order valence-corrected chi connectivity index (χ1v) is 6.26. The Morgan fingerprint density at radius 2 is 1.89 bits per heavy atom. The Morgan fingerprint density at radius 1 is 1.22 bits per heavy atom. The molecule has 0 saturated carbocycles. The summed E-state index contributed by atoms with van der Waals surface area (Å²) in [6.07, 6.45) is 0.907. The van der Waals surface area contributed by atoms with Crippen LogP contribution in [0.1, 0.15) is 5.56 Å². The number of likely N-dealkylation sites (N-methyl/N-ethyl adjacent to an activating group) is 1. The van der Waals surface area contributed by atoms with Crippen molar-refractivity contribution in [1.29, 1.82) is 0 Å². The number of nitrogens with zero attached hydrogens (tertiary/aromatic N) is 1. The van der Waals surface area contributed by atoms with E-state index in [2.05, 4.69) is 22.8 Å². The van der Waals surface area contributed by atoms with Gasteiger partial charge < -0.3 is 15.5 Å². The van der Waals surface area contributed by atoms with Crippen molar-refractivity contribution in [1.82, 2.24) is 15.5 Å². The molecule has 1 aromatic rings. The zero-order valence-corrected chi connectivity index (χ0v) is 11.6. The molecule has 0 fully saturated rings. The van der Waals surface area contributed by atoms with E-state index >= 15 is 0 Å². The van der Waals surface area contributed by atoms with Crippen LogP contribution in [0.5, 0.6) is 0 Å². The molecule has 0 aromatic heterocycles. The molecule has 4 nitrogen and oxygen atoms in total. The number of carbonyl (C=O) groups is 1. The Bertz CT molecular complexity index is 392. The van der Waals surface area contributed by atoms with Crippen LogP contribution in [-0.4, -0.2) is 43.1 Å². The molecule has 0 radical (unpaired) electrons. The van der Waals surface area contributed by atoms with E-state index in [-0.39, 0.29) is 12.5 Å². The minimum Gasteiger partial charge on any atom is -0.362 e. The van der Waals surface area contributed by atoms with E-state index in [4.69, 9.17) is 12.2 Å². The first-order chi connectivity index (χ1) is 8.59. The predicted octanol–water partition coefficient (Wildman–Crippen LogP) is 0.781. The Balaban J connectivity index is 2.16. The van der Waals surface area contributed by atoms with Crippen LogP contribution in [0.2, 0.25) is 0 Å². The smallest absolute Gasteiger partial charge is 0.241 e. The van der Waals surface area contributed by atoms with Gasteiger partial charge in [-0.15, -0.1) is 0 Å². The van der Waals surface area contributed by atoms with Gasteiger partial charge >= 0.3 is 0 Å². The molecule has 0 spiro atoms. The van der Waals surface area contributed by atoms with Gasteiger partial charge in [0.1, 0.15) is 0 Å². The minimum absolute atomic E-state index is 0.00205. The number of nitrogens with one attached hydrogen (secondary N) is 2. The second-order valence-corrected chi connectivity index (χ2v) is 4.54. The highest BCUT2D eigenvalue weighted by molar-refractivity contribution is 7.80. The molecule has 1 amide bonds. The molecule has 5 heteroatoms. The summed E-state index contributed by atoms with van der Waals surface area (Å²) in [5.74, 6) is 0.00205. The number of amides is 1. The number of benzene rings is 1. The average molecular weight is 265 g/mol. The lowest BCUT2D eigenvalue weighted by Crippen LogP contribution is -2.42. The maximum atomic E-state index is 11.3. The SMILES string of the molecule is CN(C)C(=O)CNC(=S)NCCc1ccccc1. The van der Waals surface area contributed by atoms with Crippen molar-refractivity contribution < 1.29 is 4.79 Å². The molecule has 0 aliphatic carbocycles. The first-order valence-electron chi connectivity index (χ1n) is 5.85. The third-order valence-corrected chi connectivity index (χ3v) is 2.73. The van der Waals surface area contributed by atoms with Crippen molar-refractivity contribution in [3.8, 4) is 0 Å². The van der Waals surface area contributed by atoms with Gasteiger partial charge in [0.25, 0.3) is 0 Å². The number of thiocarbonyl (C=S) groups is 1. The Morgan fingerprint density at radius 3 is 2.50 bits per heavy atom. The maximum Gasteiger partial charge on any atom is 0.241 e. The number of hydrogen-bond acceptors (Lipinski definition) is 2. The molecule has 0 aliphatic heterocycles. The van der Waals surface area contributed by atoms with Gasteiger partial charge in [-0.2, -0.15) is 0 Å². The van der Waals surface area contributed by atoms with Gasteiger partial charge in [0.05, 0.1) is 6.54 Å². The zero-order chi connectivity index (χ0) is 13.4. The highest BCUT2D eigenvalue weighted by Gasteiger charge is 2.03. The molecule has 0 saturated heterocycles. The van der Waals surface area contributed by atoms with Crippen molar-refractivity contribution in [3.63, 3.8) is 0 Å². The molecule has 0 unspecified atom stereocenters. The lowest BCUT2D eigenvalue weighted by molar-refractivity contribution is -0.127. The first kappa shape index (κ1) is 14.4. The summed E-state index contributed by atoms with van der Waals surface area (Å²) in [5, 5.41) is 6.47. The molecule has 2 N–H and O–H groups in total. The lowest BCUT2D eigenvalue weighted by atomic mass is 10.1. The summed E-state index contributed by atoms with van der Waals surface area (Å²) < 4.78 is 0. The fourth-order valence-corrected chi connectivity index (χ4v) is 1.52. The van der Waals surface area contributed by atoms with Crippen molar-refractivity contribution in [2.75, 3.05) is 27.2 Å². The summed E-state index contributed by atoms with van der Waals surface area (Å²) in [6, 6.07) is 10.2. The molecule has 0 aliphatic rings. The van der Waals surface area contributed by atoms with Gasteiger partial charge in [-0.25, -0.2) is 0 Å². The highest BCUT2D eigenvalue weighted by atomic mass is 32.1. The van der Waals surface area contributed by atoms with Crippen molar-refractivity contribution in [3.05, 3.63) is 35.9 Å². The second-order valence-electron chi connectivity index (χ2n) is 4.13. The van der Waals surface area contributed by atoms with Gasteiger partial charge in [0.15, 0.2) is 5.11 Å². The van der Waals surface area contributed by atoms with Gasteiger partial charge in [-0.05, 0) is 24.2 Å². The Labute approximate surface area is 113 Å². The van der Waals surface area contributed by atoms with E-state index in [9.17, 15) is 4.79 Å². The maximum absolute atomic E-state index is 11.3. The van der Waals surface area contributed by atoms with E-state index in [1.807, 2.05) is 18.2 Å². The summed E-state index contributed by atoms with van der Waals surface area (Å²) in [5.41, 5.74) is 1.26. The van der Waals surface area contributed by atoms with Crippen LogP contribution in [0.15, 0.2) is 30.3 Å². The van der Waals surface area contributed by atoms with Gasteiger partial charge in [0, 0.05) is 20.6 Å². The highest BCUT2D eigenvalue weighted by Crippen LogP contribution is 1.97. The molecular weight excluding hydrogens is 246 g/mol. The van der Waals surface area contributed by atoms with E-state index in [0.29, 0.717) is 5.11 Å². The molecule has 0 bridgehead atoms. The van der Waals surface area contributed by atoms with Crippen LogP contribution >= 0.6 is 12.2 Å². The summed E-state index contributed by atoms with van der Waals surface area (Å²) in [7, 11) is 3.44. The molecule has 1 aromatic carbocycles. The van der Waals surface area contributed by atoms with Crippen molar-refractivity contribution in [2.45, 2.75) is 6.42 Å². The fraction of sp³-hybridized carbons (Fsp3) is 0.385. The van der Waals surface area contributed by atoms with E-state index in [0.717, 1.165) is 13.0 Å². The number of hydrogen-bond donors (Lipinski definition) is 2. The minimum atomic E-state index is 0.00205. The van der Waals surface area contributed by atoms with Gasteiger partial charge in [-0.1, -0.05) is 30.3 Å². The largest absolute Gasteiger partial charge is 0.362 e. The normalized spacial score (nSPS) is 9.67. The molecule has 98 valence electrons. The quantitative estimate of drug-likeness (QED) is 0.772. The monoisotopic (exact) mass is 265 g/mol. The van der Waals surface area contributed by atoms with E-state index in [1.165, 1.54) is 10.5 Å². The summed E-state index contributed by atoms with van der Waals surface area (Å²) in [4.78, 5) is 12.8. The van der Waals surface area contributed by atoms with Crippen LogP contribution < -0.4 is 10.6 Å². The van der Waals surface area contributed by atoms with Crippen molar-refractivity contribution in [2.24, 2.45) is 0 Å². The van der Waals surface area contributed by atoms with Crippen LogP contribution in [0.25, 0.3) is 0 Å². The van der Waals surface area contributed by atoms with Crippen LogP contribution in [0, 0.1) is 0 Å². The molecule has 18 heavy (non-hydrogen) atoms. The van der Waals surface area contributed by atoms with Crippen LogP contribution in [0.3, 0.4) is 0 Å². The second kappa shape index (κ2) is 7.66. The molecular formula is C13H19N3OS. The Kier molecular flexibility index (Phi) is 6.14. The number of carbonyl (C=O) groups excluding carboxylic acids is 1. The van der Waals surface area contributed by atoms with Crippen molar-refractivity contribution >= 4 is 23.2 Å².